The number of thiazole rings is 1. The second-order valence-corrected chi connectivity index (χ2v) is 11.2. The number of aromatic nitrogens is 1. The average molecular weight is 435 g/mol. The molecule has 0 radical (unpaired) electrons. The molecule has 8 heteroatoms. The van der Waals surface area contributed by atoms with Crippen LogP contribution in [0.5, 0.6) is 11.6 Å². The molecule has 6 nitrogen and oxygen atoms in total. The third kappa shape index (κ3) is 6.14. The lowest BCUT2D eigenvalue weighted by Gasteiger charge is -2.14. The number of amides is 1. The van der Waals surface area contributed by atoms with Crippen LogP contribution in [-0.4, -0.2) is 31.6 Å². The standard InChI is InChI=1S/C21H26N2O4S2/c1-21(2,3)20-23-19(27-15-8-6-5-7-9-15)17(28-20)18(24)22-16(14-10-11-14)12-13-29(4,25)26/h5-9,12-14,16H,10-11H2,1-4H3,(H,22,24)/b13-12+/t16-/m1/s1. The lowest BCUT2D eigenvalue weighted by molar-refractivity contribution is 0.0942. The molecule has 0 spiro atoms. The van der Waals surface area contributed by atoms with E-state index in [1.54, 1.807) is 18.2 Å². The van der Waals surface area contributed by atoms with E-state index < -0.39 is 9.84 Å². The molecule has 1 atom stereocenters. The number of benzene rings is 1. The zero-order valence-corrected chi connectivity index (χ0v) is 18.6. The average Bonchev–Trinajstić information content (AvgIpc) is 3.37. The Labute approximate surface area is 175 Å². The number of carbonyl (C=O) groups excluding carboxylic acids is 1. The summed E-state index contributed by atoms with van der Waals surface area (Å²) < 4.78 is 28.9. The number of nitrogens with zero attached hydrogens (tertiary/aromatic N) is 1. The third-order valence-corrected chi connectivity index (χ3v) is 6.48. The van der Waals surface area contributed by atoms with Crippen molar-refractivity contribution in [3.8, 4) is 11.6 Å². The molecule has 2 aromatic rings. The Hall–Kier alpha value is -2.19. The van der Waals surface area contributed by atoms with Gasteiger partial charge in [-0.15, -0.1) is 11.3 Å². The number of nitrogens with one attached hydrogen (secondary N) is 1. The minimum atomic E-state index is -3.26. The summed E-state index contributed by atoms with van der Waals surface area (Å²) in [5.41, 5.74) is -0.232. The molecular weight excluding hydrogens is 408 g/mol. The van der Waals surface area contributed by atoms with Gasteiger partial charge in [0, 0.05) is 17.1 Å². The predicted molar refractivity (Wildman–Crippen MR) is 115 cm³/mol. The van der Waals surface area contributed by atoms with Gasteiger partial charge in [0.15, 0.2) is 14.7 Å². The highest BCUT2D eigenvalue weighted by Crippen LogP contribution is 2.37. The fraction of sp³-hybridized carbons (Fsp3) is 0.429. The van der Waals surface area contributed by atoms with Crippen molar-refractivity contribution in [3.63, 3.8) is 0 Å². The van der Waals surface area contributed by atoms with Crippen molar-refractivity contribution in [1.29, 1.82) is 0 Å². The molecule has 156 valence electrons. The second kappa shape index (κ2) is 8.28. The number of sulfone groups is 1. The van der Waals surface area contributed by atoms with Gasteiger partial charge in [-0.2, -0.15) is 0 Å². The fourth-order valence-electron chi connectivity index (χ4n) is 2.66. The van der Waals surface area contributed by atoms with Gasteiger partial charge in [0.1, 0.15) is 10.8 Å². The number of ether oxygens (including phenoxy) is 1. The quantitative estimate of drug-likeness (QED) is 0.702. The van der Waals surface area contributed by atoms with E-state index in [0.717, 1.165) is 29.5 Å². The van der Waals surface area contributed by atoms with Crippen LogP contribution in [0.2, 0.25) is 0 Å². The van der Waals surface area contributed by atoms with Crippen molar-refractivity contribution in [2.75, 3.05) is 6.26 Å². The molecule has 1 aliphatic carbocycles. The minimum Gasteiger partial charge on any atom is -0.437 e. The Morgan fingerprint density at radius 2 is 1.93 bits per heavy atom. The van der Waals surface area contributed by atoms with Crippen molar-refractivity contribution in [2.45, 2.75) is 45.1 Å². The Balaban J connectivity index is 1.88. The maximum absolute atomic E-state index is 13.1. The summed E-state index contributed by atoms with van der Waals surface area (Å²) in [6.07, 6.45) is 4.62. The van der Waals surface area contributed by atoms with Crippen LogP contribution in [0.25, 0.3) is 0 Å². The molecule has 0 aliphatic heterocycles. The highest BCUT2D eigenvalue weighted by Gasteiger charge is 2.33. The van der Waals surface area contributed by atoms with E-state index >= 15 is 0 Å². The topological polar surface area (TPSA) is 85.4 Å². The molecule has 1 N–H and O–H groups in total. The zero-order chi connectivity index (χ0) is 21.2. The normalized spacial score (nSPS) is 16.0. The van der Waals surface area contributed by atoms with Crippen LogP contribution >= 0.6 is 11.3 Å². The van der Waals surface area contributed by atoms with Crippen LogP contribution in [0.3, 0.4) is 0 Å². The Kier molecular flexibility index (Phi) is 6.14. The number of hydrogen-bond acceptors (Lipinski definition) is 6. The largest absolute Gasteiger partial charge is 0.437 e. The van der Waals surface area contributed by atoms with E-state index in [1.807, 2.05) is 39.0 Å². The van der Waals surface area contributed by atoms with Crippen LogP contribution in [0.1, 0.15) is 48.3 Å². The smallest absolute Gasteiger partial charge is 0.267 e. The maximum atomic E-state index is 13.1. The summed E-state index contributed by atoms with van der Waals surface area (Å²) in [4.78, 5) is 18.0. The SMILES string of the molecule is CC(C)(C)c1nc(Oc2ccccc2)c(C(=O)N[C@H](/C=C/S(C)(=O)=O)C2CC2)s1. The van der Waals surface area contributed by atoms with Gasteiger partial charge in [-0.1, -0.05) is 45.0 Å². The highest BCUT2D eigenvalue weighted by molar-refractivity contribution is 7.93. The third-order valence-electron chi connectivity index (χ3n) is 4.36. The monoisotopic (exact) mass is 434 g/mol. The van der Waals surface area contributed by atoms with Crippen LogP contribution in [0.4, 0.5) is 0 Å². The molecule has 0 unspecified atom stereocenters. The first-order valence-corrected chi connectivity index (χ1v) is 12.2. The second-order valence-electron chi connectivity index (χ2n) is 8.31. The summed E-state index contributed by atoms with van der Waals surface area (Å²) in [5, 5.41) is 4.91. The van der Waals surface area contributed by atoms with Crippen LogP contribution in [-0.2, 0) is 15.3 Å². The predicted octanol–water partition coefficient (Wildman–Crippen LogP) is 4.30. The van der Waals surface area contributed by atoms with Gasteiger partial charge in [0.2, 0.25) is 5.88 Å². The van der Waals surface area contributed by atoms with Gasteiger partial charge in [-0.05, 0) is 30.9 Å². The van der Waals surface area contributed by atoms with E-state index in [9.17, 15) is 13.2 Å². The Morgan fingerprint density at radius 3 is 2.48 bits per heavy atom. The van der Waals surface area contributed by atoms with E-state index in [2.05, 4.69) is 10.3 Å². The highest BCUT2D eigenvalue weighted by atomic mass is 32.2. The lowest BCUT2D eigenvalue weighted by atomic mass is 9.98. The van der Waals surface area contributed by atoms with Crippen LogP contribution in [0.15, 0.2) is 41.8 Å². The Morgan fingerprint density at radius 1 is 1.28 bits per heavy atom. The minimum absolute atomic E-state index is 0.232. The van der Waals surface area contributed by atoms with E-state index in [1.165, 1.54) is 11.3 Å². The molecule has 1 fully saturated rings. The number of rotatable bonds is 7. The van der Waals surface area contributed by atoms with Crippen molar-refractivity contribution in [1.82, 2.24) is 10.3 Å². The van der Waals surface area contributed by atoms with Crippen LogP contribution in [0, 0.1) is 5.92 Å². The first kappa shape index (κ1) is 21.5. The number of para-hydroxylation sites is 1. The van der Waals surface area contributed by atoms with E-state index in [-0.39, 0.29) is 29.2 Å². The van der Waals surface area contributed by atoms with Crippen LogP contribution < -0.4 is 10.1 Å². The molecule has 1 amide bonds. The summed E-state index contributed by atoms with van der Waals surface area (Å²) in [6.45, 7) is 6.09. The number of hydrogen-bond donors (Lipinski definition) is 1. The van der Waals surface area contributed by atoms with Gasteiger partial charge in [-0.3, -0.25) is 4.79 Å². The lowest BCUT2D eigenvalue weighted by Crippen LogP contribution is -2.34. The van der Waals surface area contributed by atoms with Gasteiger partial charge in [-0.25, -0.2) is 13.4 Å². The van der Waals surface area contributed by atoms with E-state index in [4.69, 9.17) is 4.74 Å². The summed E-state index contributed by atoms with van der Waals surface area (Å²) >= 11 is 1.30. The Bertz CT molecular complexity index is 1000. The van der Waals surface area contributed by atoms with Gasteiger partial charge in [0.05, 0.1) is 6.04 Å². The zero-order valence-electron chi connectivity index (χ0n) is 17.0. The molecule has 29 heavy (non-hydrogen) atoms. The molecule has 1 saturated carbocycles. The van der Waals surface area contributed by atoms with Crippen molar-refractivity contribution in [3.05, 3.63) is 51.7 Å². The summed E-state index contributed by atoms with van der Waals surface area (Å²) in [6, 6.07) is 8.87. The van der Waals surface area contributed by atoms with Gasteiger partial charge >= 0.3 is 0 Å². The summed E-state index contributed by atoms with van der Waals surface area (Å²) in [7, 11) is -3.26. The van der Waals surface area contributed by atoms with Crippen molar-refractivity contribution < 1.29 is 17.9 Å². The van der Waals surface area contributed by atoms with E-state index in [0.29, 0.717) is 10.6 Å². The van der Waals surface area contributed by atoms with Crippen molar-refractivity contribution in [2.24, 2.45) is 5.92 Å². The van der Waals surface area contributed by atoms with Gasteiger partial charge in [0.25, 0.3) is 5.91 Å². The van der Waals surface area contributed by atoms with Crippen molar-refractivity contribution >= 4 is 27.1 Å². The number of carbonyl (C=O) groups is 1. The summed E-state index contributed by atoms with van der Waals surface area (Å²) in [5.74, 6) is 0.817. The van der Waals surface area contributed by atoms with Gasteiger partial charge < -0.3 is 10.1 Å². The molecule has 1 heterocycles. The molecule has 0 saturated heterocycles. The molecule has 0 bridgehead atoms. The maximum Gasteiger partial charge on any atom is 0.267 e. The molecule has 1 aliphatic rings. The first-order chi connectivity index (χ1) is 13.5. The molecule has 1 aromatic heterocycles. The molecule has 3 rings (SSSR count). The first-order valence-electron chi connectivity index (χ1n) is 9.46. The molecule has 1 aromatic carbocycles. The fourth-order valence-corrected chi connectivity index (χ4v) is 4.07. The molecular formula is C21H26N2O4S2.